The molecule has 2 aliphatic rings. The molecule has 1 saturated heterocycles. The summed E-state index contributed by atoms with van der Waals surface area (Å²) in [5.74, 6) is 2.45. The summed E-state index contributed by atoms with van der Waals surface area (Å²) in [5.41, 5.74) is 1.48. The zero-order chi connectivity index (χ0) is 21.9. The Labute approximate surface area is 187 Å². The van der Waals surface area contributed by atoms with Crippen LogP contribution in [-0.4, -0.2) is 77.1 Å². The van der Waals surface area contributed by atoms with Crippen molar-refractivity contribution in [1.29, 1.82) is 0 Å². The van der Waals surface area contributed by atoms with Gasteiger partial charge in [0.25, 0.3) is 0 Å². The second-order valence-electron chi connectivity index (χ2n) is 8.53. The topological polar surface area (TPSA) is 67.4 Å². The van der Waals surface area contributed by atoms with Gasteiger partial charge in [-0.1, -0.05) is 25.3 Å². The van der Waals surface area contributed by atoms with E-state index in [0.717, 1.165) is 69.7 Å². The quantitative estimate of drug-likeness (QED) is 0.355. The molecule has 7 heteroatoms. The number of aliphatic imine (C=N–C) groups is 1. The van der Waals surface area contributed by atoms with Crippen molar-refractivity contribution >= 4 is 5.96 Å². The standard InChI is InChI=1S/C24H40N4O3/c1-25-23(26-13-7-8-20-9-10-21(29-2)22(18-20)30-3)27-19-24(11-5-4-6-12-24)28-14-16-31-17-15-28/h9-10,18H,4-8,11-17,19H2,1-3H3,(H2,25,26,27). The van der Waals surface area contributed by atoms with Crippen molar-refractivity contribution < 1.29 is 14.2 Å². The van der Waals surface area contributed by atoms with Crippen LogP contribution in [0.4, 0.5) is 0 Å². The molecule has 1 aromatic rings. The number of ether oxygens (including phenoxy) is 3. The van der Waals surface area contributed by atoms with E-state index < -0.39 is 0 Å². The van der Waals surface area contributed by atoms with Gasteiger partial charge in [-0.3, -0.25) is 9.89 Å². The fraction of sp³-hybridized carbons (Fsp3) is 0.708. The van der Waals surface area contributed by atoms with Crippen molar-refractivity contribution in [2.24, 2.45) is 4.99 Å². The number of benzene rings is 1. The molecule has 0 aromatic heterocycles. The molecular weight excluding hydrogens is 392 g/mol. The first-order valence-electron chi connectivity index (χ1n) is 11.7. The highest BCUT2D eigenvalue weighted by molar-refractivity contribution is 5.79. The maximum absolute atomic E-state index is 5.60. The molecule has 0 amide bonds. The Morgan fingerprint density at radius 1 is 1.06 bits per heavy atom. The van der Waals surface area contributed by atoms with Crippen LogP contribution in [0.5, 0.6) is 11.5 Å². The molecule has 3 rings (SSSR count). The number of aryl methyl sites for hydroxylation is 1. The molecule has 1 aromatic carbocycles. The summed E-state index contributed by atoms with van der Waals surface area (Å²) in [7, 11) is 5.19. The summed E-state index contributed by atoms with van der Waals surface area (Å²) in [6.45, 7) is 5.61. The van der Waals surface area contributed by atoms with Crippen LogP contribution in [0.15, 0.2) is 23.2 Å². The smallest absolute Gasteiger partial charge is 0.191 e. The lowest BCUT2D eigenvalue weighted by Gasteiger charge is -2.48. The third kappa shape index (κ3) is 6.50. The maximum atomic E-state index is 5.60. The van der Waals surface area contributed by atoms with Gasteiger partial charge >= 0.3 is 0 Å². The average molecular weight is 433 g/mol. The fourth-order valence-corrected chi connectivity index (χ4v) is 4.86. The molecule has 0 unspecified atom stereocenters. The van der Waals surface area contributed by atoms with Gasteiger partial charge in [0.15, 0.2) is 17.5 Å². The largest absolute Gasteiger partial charge is 0.493 e. The highest BCUT2D eigenvalue weighted by Gasteiger charge is 2.38. The number of rotatable bonds is 9. The zero-order valence-corrected chi connectivity index (χ0v) is 19.5. The molecule has 7 nitrogen and oxygen atoms in total. The van der Waals surface area contributed by atoms with Gasteiger partial charge in [0, 0.05) is 38.8 Å². The van der Waals surface area contributed by atoms with E-state index >= 15 is 0 Å². The molecule has 0 atom stereocenters. The third-order valence-electron chi connectivity index (χ3n) is 6.66. The van der Waals surface area contributed by atoms with E-state index in [4.69, 9.17) is 14.2 Å². The van der Waals surface area contributed by atoms with Crippen LogP contribution in [0.25, 0.3) is 0 Å². The van der Waals surface area contributed by atoms with Crippen LogP contribution in [0, 0.1) is 0 Å². The van der Waals surface area contributed by atoms with Gasteiger partial charge in [0.05, 0.1) is 27.4 Å². The number of hydrogen-bond donors (Lipinski definition) is 2. The van der Waals surface area contributed by atoms with Crippen LogP contribution >= 0.6 is 0 Å². The highest BCUT2D eigenvalue weighted by atomic mass is 16.5. The zero-order valence-electron chi connectivity index (χ0n) is 19.5. The van der Waals surface area contributed by atoms with Crippen molar-refractivity contribution in [3.05, 3.63) is 23.8 Å². The minimum atomic E-state index is 0.235. The predicted octanol–water partition coefficient (Wildman–Crippen LogP) is 2.84. The molecule has 1 saturated carbocycles. The van der Waals surface area contributed by atoms with Crippen LogP contribution in [0.2, 0.25) is 0 Å². The Morgan fingerprint density at radius 3 is 2.48 bits per heavy atom. The first kappa shape index (κ1) is 23.7. The molecule has 31 heavy (non-hydrogen) atoms. The SMILES string of the molecule is CN=C(NCCCc1ccc(OC)c(OC)c1)NCC1(N2CCOCC2)CCCCC1. The summed E-state index contributed by atoms with van der Waals surface area (Å²) in [5, 5.41) is 7.12. The van der Waals surface area contributed by atoms with Gasteiger partial charge in [-0.25, -0.2) is 0 Å². The summed E-state index contributed by atoms with van der Waals surface area (Å²) in [6.07, 6.45) is 8.50. The molecule has 1 heterocycles. The highest BCUT2D eigenvalue weighted by Crippen LogP contribution is 2.34. The van der Waals surface area contributed by atoms with E-state index in [1.54, 1.807) is 14.2 Å². The number of hydrogen-bond acceptors (Lipinski definition) is 5. The minimum absolute atomic E-state index is 0.235. The Bertz CT molecular complexity index is 698. The van der Waals surface area contributed by atoms with Crippen LogP contribution in [0.3, 0.4) is 0 Å². The van der Waals surface area contributed by atoms with Gasteiger partial charge in [0.1, 0.15) is 0 Å². The molecule has 1 aliphatic heterocycles. The lowest BCUT2D eigenvalue weighted by molar-refractivity contribution is -0.0352. The van der Waals surface area contributed by atoms with E-state index in [1.807, 2.05) is 13.1 Å². The first-order chi connectivity index (χ1) is 15.2. The Balaban J connectivity index is 1.46. The van der Waals surface area contributed by atoms with Gasteiger partial charge in [-0.05, 0) is 43.4 Å². The van der Waals surface area contributed by atoms with Crippen LogP contribution in [0.1, 0.15) is 44.1 Å². The lowest BCUT2D eigenvalue weighted by atomic mass is 9.80. The monoisotopic (exact) mass is 432 g/mol. The van der Waals surface area contributed by atoms with Gasteiger partial charge in [0.2, 0.25) is 0 Å². The van der Waals surface area contributed by atoms with Gasteiger partial charge < -0.3 is 24.8 Å². The molecule has 2 fully saturated rings. The number of morpholine rings is 1. The Kier molecular flexibility index (Phi) is 9.28. The molecule has 0 spiro atoms. The van der Waals surface area contributed by atoms with Gasteiger partial charge in [-0.2, -0.15) is 0 Å². The Hall–Kier alpha value is -1.99. The lowest BCUT2D eigenvalue weighted by Crippen LogP contribution is -2.60. The maximum Gasteiger partial charge on any atom is 0.191 e. The molecular formula is C24H40N4O3. The summed E-state index contributed by atoms with van der Waals surface area (Å²) < 4.78 is 16.3. The van der Waals surface area contributed by atoms with Crippen molar-refractivity contribution in [2.75, 3.05) is 60.7 Å². The number of nitrogens with zero attached hydrogens (tertiary/aromatic N) is 2. The van der Waals surface area contributed by atoms with E-state index in [0.29, 0.717) is 0 Å². The Morgan fingerprint density at radius 2 is 1.81 bits per heavy atom. The number of guanidine groups is 1. The first-order valence-corrected chi connectivity index (χ1v) is 11.7. The molecule has 0 bridgehead atoms. The number of nitrogens with one attached hydrogen (secondary N) is 2. The van der Waals surface area contributed by atoms with E-state index in [9.17, 15) is 0 Å². The fourth-order valence-electron chi connectivity index (χ4n) is 4.86. The van der Waals surface area contributed by atoms with E-state index in [2.05, 4.69) is 32.7 Å². The van der Waals surface area contributed by atoms with Gasteiger partial charge in [-0.15, -0.1) is 0 Å². The minimum Gasteiger partial charge on any atom is -0.493 e. The molecule has 2 N–H and O–H groups in total. The summed E-state index contributed by atoms with van der Waals surface area (Å²) in [4.78, 5) is 7.12. The van der Waals surface area contributed by atoms with Crippen molar-refractivity contribution in [2.45, 2.75) is 50.5 Å². The average Bonchev–Trinajstić information content (AvgIpc) is 2.84. The van der Waals surface area contributed by atoms with E-state index in [-0.39, 0.29) is 5.54 Å². The molecule has 174 valence electrons. The van der Waals surface area contributed by atoms with Crippen molar-refractivity contribution in [3.63, 3.8) is 0 Å². The number of methoxy groups -OCH3 is 2. The third-order valence-corrected chi connectivity index (χ3v) is 6.66. The van der Waals surface area contributed by atoms with Crippen LogP contribution in [-0.2, 0) is 11.2 Å². The normalized spacial score (nSPS) is 19.6. The molecule has 0 radical (unpaired) electrons. The van der Waals surface area contributed by atoms with Crippen molar-refractivity contribution in [1.82, 2.24) is 15.5 Å². The summed E-state index contributed by atoms with van der Waals surface area (Å²) >= 11 is 0. The van der Waals surface area contributed by atoms with E-state index in [1.165, 1.54) is 37.7 Å². The summed E-state index contributed by atoms with van der Waals surface area (Å²) in [6, 6.07) is 6.13. The second kappa shape index (κ2) is 12.2. The molecule has 1 aliphatic carbocycles. The van der Waals surface area contributed by atoms with Crippen molar-refractivity contribution in [3.8, 4) is 11.5 Å². The van der Waals surface area contributed by atoms with Crippen LogP contribution < -0.4 is 20.1 Å². The predicted molar refractivity (Wildman–Crippen MR) is 125 cm³/mol. The second-order valence-corrected chi connectivity index (χ2v) is 8.53.